The van der Waals surface area contributed by atoms with Crippen LogP contribution in [0.3, 0.4) is 0 Å². The van der Waals surface area contributed by atoms with Crippen molar-refractivity contribution in [2.45, 2.75) is 73.1 Å². The van der Waals surface area contributed by atoms with Crippen LogP contribution in [-0.2, 0) is 0 Å². The Morgan fingerprint density at radius 2 is 1.64 bits per heavy atom. The third kappa shape index (κ3) is 6.45. The van der Waals surface area contributed by atoms with Crippen LogP contribution in [0.4, 0.5) is 0 Å². The van der Waals surface area contributed by atoms with Crippen molar-refractivity contribution in [2.75, 3.05) is 0 Å². The van der Waals surface area contributed by atoms with E-state index in [1.807, 2.05) is 0 Å². The molecule has 1 saturated carbocycles. The standard InChI is InChI=1S/C10H20.C4H10/c1-8(2)10-6-4-5-9(3)7-10;1-3-4-2/h8-10H,4-7H2,1-3H3;3-4H2,1-2H3. The van der Waals surface area contributed by atoms with E-state index in [1.54, 1.807) is 0 Å². The summed E-state index contributed by atoms with van der Waals surface area (Å²) in [4.78, 5) is 0. The first kappa shape index (κ1) is 14.0. The van der Waals surface area contributed by atoms with E-state index >= 15 is 0 Å². The summed E-state index contributed by atoms with van der Waals surface area (Å²) in [6, 6.07) is 0. The van der Waals surface area contributed by atoms with Crippen LogP contribution in [0.5, 0.6) is 0 Å². The second-order valence-electron chi connectivity index (χ2n) is 5.28. The lowest BCUT2D eigenvalue weighted by Crippen LogP contribution is -2.17. The van der Waals surface area contributed by atoms with Gasteiger partial charge in [-0.05, 0) is 24.2 Å². The summed E-state index contributed by atoms with van der Waals surface area (Å²) in [7, 11) is 0. The van der Waals surface area contributed by atoms with Crippen molar-refractivity contribution in [1.82, 2.24) is 0 Å². The van der Waals surface area contributed by atoms with E-state index < -0.39 is 0 Å². The molecule has 0 spiro atoms. The Bertz CT molecular complexity index is 113. The number of rotatable bonds is 2. The van der Waals surface area contributed by atoms with Gasteiger partial charge in [-0.25, -0.2) is 0 Å². The molecule has 2 unspecified atom stereocenters. The van der Waals surface area contributed by atoms with E-state index in [4.69, 9.17) is 0 Å². The summed E-state index contributed by atoms with van der Waals surface area (Å²) >= 11 is 0. The molecular formula is C14H30. The van der Waals surface area contributed by atoms with Gasteiger partial charge in [0.25, 0.3) is 0 Å². The van der Waals surface area contributed by atoms with Gasteiger partial charge in [0.2, 0.25) is 0 Å². The molecule has 0 N–H and O–H groups in total. The molecule has 1 rings (SSSR count). The molecule has 0 bridgehead atoms. The van der Waals surface area contributed by atoms with Crippen molar-refractivity contribution in [2.24, 2.45) is 17.8 Å². The van der Waals surface area contributed by atoms with E-state index in [1.165, 1.54) is 38.5 Å². The summed E-state index contributed by atoms with van der Waals surface area (Å²) in [5.41, 5.74) is 0. The third-order valence-electron chi connectivity index (χ3n) is 3.42. The largest absolute Gasteiger partial charge is 0.0654 e. The molecule has 1 aliphatic carbocycles. The van der Waals surface area contributed by atoms with Gasteiger partial charge in [-0.1, -0.05) is 66.7 Å². The van der Waals surface area contributed by atoms with E-state index in [2.05, 4.69) is 34.6 Å². The van der Waals surface area contributed by atoms with Crippen LogP contribution < -0.4 is 0 Å². The second-order valence-corrected chi connectivity index (χ2v) is 5.28. The lowest BCUT2D eigenvalue weighted by Gasteiger charge is -2.29. The van der Waals surface area contributed by atoms with E-state index in [0.29, 0.717) is 0 Å². The van der Waals surface area contributed by atoms with Gasteiger partial charge in [0, 0.05) is 0 Å². The fourth-order valence-corrected chi connectivity index (χ4v) is 2.09. The summed E-state index contributed by atoms with van der Waals surface area (Å²) in [5.74, 6) is 2.95. The zero-order valence-electron chi connectivity index (χ0n) is 11.0. The molecule has 2 atom stereocenters. The van der Waals surface area contributed by atoms with Crippen molar-refractivity contribution in [1.29, 1.82) is 0 Å². The second kappa shape index (κ2) is 8.32. The summed E-state index contributed by atoms with van der Waals surface area (Å²) in [5, 5.41) is 0. The minimum Gasteiger partial charge on any atom is -0.0654 e. The minimum atomic E-state index is 0.919. The summed E-state index contributed by atoms with van der Waals surface area (Å²) in [6.45, 7) is 11.5. The Morgan fingerprint density at radius 3 is 1.93 bits per heavy atom. The van der Waals surface area contributed by atoms with Gasteiger partial charge in [-0.15, -0.1) is 0 Å². The maximum Gasteiger partial charge on any atom is -0.0389 e. The van der Waals surface area contributed by atoms with Crippen LogP contribution in [0.1, 0.15) is 73.1 Å². The van der Waals surface area contributed by atoms with Crippen molar-refractivity contribution < 1.29 is 0 Å². The van der Waals surface area contributed by atoms with Crippen molar-refractivity contribution >= 4 is 0 Å². The van der Waals surface area contributed by atoms with Crippen LogP contribution >= 0.6 is 0 Å². The Balaban J connectivity index is 0.000000364. The number of hydrogen-bond donors (Lipinski definition) is 0. The first-order chi connectivity index (χ1) is 6.61. The Morgan fingerprint density at radius 1 is 1.07 bits per heavy atom. The monoisotopic (exact) mass is 198 g/mol. The average Bonchev–Trinajstić information content (AvgIpc) is 2.18. The fourth-order valence-electron chi connectivity index (χ4n) is 2.09. The molecule has 1 aliphatic rings. The Hall–Kier alpha value is 0. The highest BCUT2D eigenvalue weighted by Crippen LogP contribution is 2.32. The van der Waals surface area contributed by atoms with Crippen LogP contribution in [-0.4, -0.2) is 0 Å². The van der Waals surface area contributed by atoms with Crippen LogP contribution in [0.15, 0.2) is 0 Å². The highest BCUT2D eigenvalue weighted by atomic mass is 14.3. The summed E-state index contributed by atoms with van der Waals surface area (Å²) < 4.78 is 0. The maximum absolute atomic E-state index is 2.40. The van der Waals surface area contributed by atoms with Gasteiger partial charge < -0.3 is 0 Å². The highest BCUT2D eigenvalue weighted by Gasteiger charge is 2.20. The first-order valence-corrected chi connectivity index (χ1v) is 6.61. The quantitative estimate of drug-likeness (QED) is 0.566. The predicted molar refractivity (Wildman–Crippen MR) is 66.5 cm³/mol. The zero-order valence-corrected chi connectivity index (χ0v) is 11.0. The Labute approximate surface area is 91.5 Å². The van der Waals surface area contributed by atoms with Crippen molar-refractivity contribution in [3.05, 3.63) is 0 Å². The van der Waals surface area contributed by atoms with Gasteiger partial charge in [-0.2, -0.15) is 0 Å². The van der Waals surface area contributed by atoms with Gasteiger partial charge in [0.15, 0.2) is 0 Å². The summed E-state index contributed by atoms with van der Waals surface area (Å²) in [6.07, 6.45) is 8.56. The SMILES string of the molecule is CC1CCCC(C(C)C)C1.CCCC. The molecule has 86 valence electrons. The molecule has 0 nitrogen and oxygen atoms in total. The zero-order chi connectivity index (χ0) is 11.0. The molecule has 14 heavy (non-hydrogen) atoms. The fraction of sp³-hybridized carbons (Fsp3) is 1.00. The number of unbranched alkanes of at least 4 members (excludes halogenated alkanes) is 1. The molecule has 0 aliphatic heterocycles. The van der Waals surface area contributed by atoms with E-state index in [-0.39, 0.29) is 0 Å². The Kier molecular flexibility index (Phi) is 8.32. The third-order valence-corrected chi connectivity index (χ3v) is 3.42. The molecule has 0 heterocycles. The van der Waals surface area contributed by atoms with Crippen molar-refractivity contribution in [3.63, 3.8) is 0 Å². The predicted octanol–water partition coefficient (Wildman–Crippen LogP) is 5.28. The normalized spacial score (nSPS) is 27.0. The smallest absolute Gasteiger partial charge is 0.0389 e. The van der Waals surface area contributed by atoms with E-state index in [9.17, 15) is 0 Å². The van der Waals surface area contributed by atoms with Gasteiger partial charge in [0.1, 0.15) is 0 Å². The molecule has 1 fully saturated rings. The molecule has 0 heteroatoms. The molecule has 0 saturated heterocycles. The molecule has 0 radical (unpaired) electrons. The molecule has 0 aromatic heterocycles. The maximum atomic E-state index is 2.40. The molecule has 0 amide bonds. The van der Waals surface area contributed by atoms with E-state index in [0.717, 1.165) is 17.8 Å². The lowest BCUT2D eigenvalue weighted by atomic mass is 9.77. The van der Waals surface area contributed by atoms with Gasteiger partial charge in [0.05, 0.1) is 0 Å². The topological polar surface area (TPSA) is 0 Å². The number of hydrogen-bond acceptors (Lipinski definition) is 0. The van der Waals surface area contributed by atoms with Crippen LogP contribution in [0, 0.1) is 17.8 Å². The molecular weight excluding hydrogens is 168 g/mol. The van der Waals surface area contributed by atoms with Crippen LogP contribution in [0.2, 0.25) is 0 Å². The first-order valence-electron chi connectivity index (χ1n) is 6.61. The molecule has 0 aromatic carbocycles. The molecule has 0 aromatic rings. The highest BCUT2D eigenvalue weighted by molar-refractivity contribution is 4.72. The van der Waals surface area contributed by atoms with Gasteiger partial charge >= 0.3 is 0 Å². The van der Waals surface area contributed by atoms with Crippen LogP contribution in [0.25, 0.3) is 0 Å². The average molecular weight is 198 g/mol. The van der Waals surface area contributed by atoms with Gasteiger partial charge in [-0.3, -0.25) is 0 Å². The van der Waals surface area contributed by atoms with Crippen molar-refractivity contribution in [3.8, 4) is 0 Å². The lowest BCUT2D eigenvalue weighted by molar-refractivity contribution is 0.226. The minimum absolute atomic E-state index is 0.919.